The lowest BCUT2D eigenvalue weighted by atomic mass is 10.2. The normalized spacial score (nSPS) is 9.83. The number of nitrogens with zero attached hydrogens (tertiary/aromatic N) is 1. The molecule has 1 heterocycles. The molecule has 0 unspecified atom stereocenters. The highest BCUT2D eigenvalue weighted by atomic mass is 19.1. The van der Waals surface area contributed by atoms with E-state index in [0.717, 1.165) is 0 Å². The number of carbonyl (C=O) groups is 1. The summed E-state index contributed by atoms with van der Waals surface area (Å²) < 4.78 is 12.8. The number of carbonyl (C=O) groups excluding carboxylic acids is 1. The summed E-state index contributed by atoms with van der Waals surface area (Å²) in [5, 5.41) is 0. The van der Waals surface area contributed by atoms with Crippen LogP contribution >= 0.6 is 0 Å². The number of hydrogen-bond acceptors (Lipinski definition) is 2. The summed E-state index contributed by atoms with van der Waals surface area (Å²) in [7, 11) is 0. The Morgan fingerprint density at radius 3 is 2.92 bits per heavy atom. The van der Waals surface area contributed by atoms with Crippen LogP contribution in [0.4, 0.5) is 4.39 Å². The molecule has 64 valence electrons. The van der Waals surface area contributed by atoms with E-state index in [1.807, 2.05) is 0 Å². The molecule has 0 fully saturated rings. The topological polar surface area (TPSA) is 56.0 Å². The summed E-state index contributed by atoms with van der Waals surface area (Å²) in [4.78, 5) is 14.3. The number of nitrogens with two attached hydrogens (primary N) is 1. The third kappa shape index (κ3) is 2.02. The van der Waals surface area contributed by atoms with Gasteiger partial charge in [-0.1, -0.05) is 0 Å². The summed E-state index contributed by atoms with van der Waals surface area (Å²) in [5.41, 5.74) is 5.74. The fourth-order valence-electron chi connectivity index (χ4n) is 0.814. The lowest BCUT2D eigenvalue weighted by molar-refractivity contribution is -0.117. The minimum Gasteiger partial charge on any atom is -0.369 e. The molecular weight excluding hydrogens is 159 g/mol. The molecule has 0 saturated carbocycles. The van der Waals surface area contributed by atoms with Crippen LogP contribution in [0, 0.1) is 12.7 Å². The zero-order valence-electron chi connectivity index (χ0n) is 6.67. The van der Waals surface area contributed by atoms with Crippen molar-refractivity contribution in [2.45, 2.75) is 13.3 Å². The smallest absolute Gasteiger partial charge is 0.223 e. The zero-order chi connectivity index (χ0) is 9.14. The number of aryl methyl sites for hydroxylation is 1. The molecule has 1 amide bonds. The van der Waals surface area contributed by atoms with Gasteiger partial charge in [-0.2, -0.15) is 0 Å². The monoisotopic (exact) mass is 168 g/mol. The van der Waals surface area contributed by atoms with Gasteiger partial charge in [0.1, 0.15) is 5.82 Å². The first-order valence-corrected chi connectivity index (χ1v) is 3.49. The Morgan fingerprint density at radius 1 is 1.75 bits per heavy atom. The van der Waals surface area contributed by atoms with Crippen molar-refractivity contribution in [2.24, 2.45) is 5.73 Å². The number of amides is 1. The molecule has 3 nitrogen and oxygen atoms in total. The highest BCUT2D eigenvalue weighted by Gasteiger charge is 2.03. The van der Waals surface area contributed by atoms with Gasteiger partial charge in [-0.05, 0) is 13.0 Å². The molecule has 0 saturated heterocycles. The third-order valence-corrected chi connectivity index (χ3v) is 1.45. The fourth-order valence-corrected chi connectivity index (χ4v) is 0.814. The van der Waals surface area contributed by atoms with Crippen LogP contribution in [-0.2, 0) is 11.2 Å². The number of primary amides is 1. The van der Waals surface area contributed by atoms with Crippen molar-refractivity contribution in [2.75, 3.05) is 0 Å². The maximum atomic E-state index is 12.8. The number of rotatable bonds is 2. The largest absolute Gasteiger partial charge is 0.369 e. The van der Waals surface area contributed by atoms with Gasteiger partial charge in [0.2, 0.25) is 5.91 Å². The van der Waals surface area contributed by atoms with Crippen molar-refractivity contribution < 1.29 is 9.18 Å². The minimum atomic E-state index is -0.509. The van der Waals surface area contributed by atoms with Gasteiger partial charge in [0.25, 0.3) is 0 Å². The summed E-state index contributed by atoms with van der Waals surface area (Å²) >= 11 is 0. The van der Waals surface area contributed by atoms with E-state index in [2.05, 4.69) is 4.98 Å². The van der Waals surface area contributed by atoms with Gasteiger partial charge < -0.3 is 5.73 Å². The van der Waals surface area contributed by atoms with E-state index in [1.54, 1.807) is 6.92 Å². The molecule has 0 aliphatic heterocycles. The lowest BCUT2D eigenvalue weighted by Crippen LogP contribution is -2.14. The third-order valence-electron chi connectivity index (χ3n) is 1.45. The van der Waals surface area contributed by atoms with Crippen LogP contribution in [0.15, 0.2) is 12.3 Å². The van der Waals surface area contributed by atoms with Crippen molar-refractivity contribution >= 4 is 5.91 Å². The van der Waals surface area contributed by atoms with Gasteiger partial charge in [-0.3, -0.25) is 9.78 Å². The summed E-state index contributed by atoms with van der Waals surface area (Å²) in [6.07, 6.45) is 1.37. The molecule has 0 radical (unpaired) electrons. The van der Waals surface area contributed by atoms with Crippen molar-refractivity contribution in [1.82, 2.24) is 4.98 Å². The lowest BCUT2D eigenvalue weighted by Gasteiger charge is -1.98. The highest BCUT2D eigenvalue weighted by Crippen LogP contribution is 2.05. The van der Waals surface area contributed by atoms with E-state index in [0.29, 0.717) is 11.3 Å². The van der Waals surface area contributed by atoms with Crippen molar-refractivity contribution in [3.05, 3.63) is 29.3 Å². The van der Waals surface area contributed by atoms with Crippen LogP contribution < -0.4 is 5.73 Å². The van der Waals surface area contributed by atoms with E-state index < -0.39 is 5.91 Å². The van der Waals surface area contributed by atoms with E-state index in [4.69, 9.17) is 5.73 Å². The molecule has 0 aliphatic carbocycles. The molecule has 0 aromatic carbocycles. The van der Waals surface area contributed by atoms with Crippen LogP contribution in [-0.4, -0.2) is 10.9 Å². The van der Waals surface area contributed by atoms with E-state index in [9.17, 15) is 9.18 Å². The van der Waals surface area contributed by atoms with Gasteiger partial charge in [0.15, 0.2) is 0 Å². The Hall–Kier alpha value is -1.45. The van der Waals surface area contributed by atoms with Crippen molar-refractivity contribution in [3.63, 3.8) is 0 Å². The molecule has 0 aliphatic rings. The Balaban J connectivity index is 2.89. The highest BCUT2D eigenvalue weighted by molar-refractivity contribution is 5.76. The SMILES string of the molecule is Cc1cnc(CC(N)=O)cc1F. The average molecular weight is 168 g/mol. The minimum absolute atomic E-state index is 0.0167. The second kappa shape index (κ2) is 3.30. The van der Waals surface area contributed by atoms with E-state index in [1.165, 1.54) is 12.3 Å². The maximum Gasteiger partial charge on any atom is 0.223 e. The number of pyridine rings is 1. The first kappa shape index (κ1) is 8.64. The Kier molecular flexibility index (Phi) is 2.38. The van der Waals surface area contributed by atoms with Crippen LogP contribution in [0.1, 0.15) is 11.3 Å². The van der Waals surface area contributed by atoms with Gasteiger partial charge in [-0.25, -0.2) is 4.39 Å². The van der Waals surface area contributed by atoms with E-state index in [-0.39, 0.29) is 12.2 Å². The Morgan fingerprint density at radius 2 is 2.42 bits per heavy atom. The molecule has 1 aromatic rings. The summed E-state index contributed by atoms with van der Waals surface area (Å²) in [6, 6.07) is 1.22. The molecule has 12 heavy (non-hydrogen) atoms. The molecule has 1 aromatic heterocycles. The number of aromatic nitrogens is 1. The van der Waals surface area contributed by atoms with Gasteiger partial charge in [-0.15, -0.1) is 0 Å². The average Bonchev–Trinajstić information content (AvgIpc) is 1.96. The molecule has 0 bridgehead atoms. The second-order valence-electron chi connectivity index (χ2n) is 2.57. The Labute approximate surface area is 69.4 Å². The second-order valence-corrected chi connectivity index (χ2v) is 2.57. The van der Waals surface area contributed by atoms with Crippen molar-refractivity contribution in [3.8, 4) is 0 Å². The zero-order valence-corrected chi connectivity index (χ0v) is 6.67. The predicted octanol–water partition coefficient (Wildman–Crippen LogP) is 0.557. The van der Waals surface area contributed by atoms with Crippen LogP contribution in [0.5, 0.6) is 0 Å². The van der Waals surface area contributed by atoms with Crippen LogP contribution in [0.2, 0.25) is 0 Å². The Bertz CT molecular complexity index is 312. The van der Waals surface area contributed by atoms with Gasteiger partial charge in [0, 0.05) is 11.8 Å². The first-order chi connectivity index (χ1) is 5.59. The van der Waals surface area contributed by atoms with Crippen molar-refractivity contribution in [1.29, 1.82) is 0 Å². The van der Waals surface area contributed by atoms with Gasteiger partial charge >= 0.3 is 0 Å². The molecule has 2 N–H and O–H groups in total. The molecular formula is C8H9FN2O. The standard InChI is InChI=1S/C8H9FN2O/c1-5-4-11-6(2-7(5)9)3-8(10)12/h2,4H,3H2,1H3,(H2,10,12). The molecule has 0 spiro atoms. The maximum absolute atomic E-state index is 12.8. The first-order valence-electron chi connectivity index (χ1n) is 3.49. The quantitative estimate of drug-likeness (QED) is 0.701. The van der Waals surface area contributed by atoms with E-state index >= 15 is 0 Å². The molecule has 4 heteroatoms. The van der Waals surface area contributed by atoms with Crippen LogP contribution in [0.25, 0.3) is 0 Å². The van der Waals surface area contributed by atoms with Crippen LogP contribution in [0.3, 0.4) is 0 Å². The number of halogens is 1. The number of hydrogen-bond donors (Lipinski definition) is 1. The summed E-state index contributed by atoms with van der Waals surface area (Å²) in [5.74, 6) is -0.869. The molecule has 0 atom stereocenters. The summed E-state index contributed by atoms with van der Waals surface area (Å²) in [6.45, 7) is 1.61. The fraction of sp³-hybridized carbons (Fsp3) is 0.250. The predicted molar refractivity (Wildman–Crippen MR) is 41.8 cm³/mol. The molecule has 1 rings (SSSR count). The van der Waals surface area contributed by atoms with Gasteiger partial charge in [0.05, 0.1) is 12.1 Å².